The van der Waals surface area contributed by atoms with Gasteiger partial charge in [0.1, 0.15) is 0 Å². The molecule has 0 fully saturated rings. The maximum atomic E-state index is 2.48. The van der Waals surface area contributed by atoms with Gasteiger partial charge in [0.05, 0.1) is 0 Å². The van der Waals surface area contributed by atoms with Crippen LogP contribution in [-0.2, 0) is 0 Å². The Balaban J connectivity index is 2.41. The number of nitrogens with zero attached hydrogens (tertiary/aromatic N) is 1. The smallest absolute Gasteiger partial charge is 0.0485 e. The fourth-order valence-electron chi connectivity index (χ4n) is 3.76. The molecule has 1 heteroatoms. The Hall–Kier alpha value is -1.50. The van der Waals surface area contributed by atoms with Crippen molar-refractivity contribution in [2.24, 2.45) is 0 Å². The van der Waals surface area contributed by atoms with Crippen molar-refractivity contribution >= 4 is 16.5 Å². The van der Waals surface area contributed by atoms with Gasteiger partial charge in [-0.15, -0.1) is 0 Å². The second kappa shape index (κ2) is 4.00. The average Bonchev–Trinajstić information content (AvgIpc) is 2.34. The summed E-state index contributed by atoms with van der Waals surface area (Å²) >= 11 is 0. The second-order valence-corrected chi connectivity index (χ2v) is 6.65. The van der Waals surface area contributed by atoms with Crippen molar-refractivity contribution in [1.82, 2.24) is 0 Å². The molecule has 0 N–H and O–H groups in total. The van der Waals surface area contributed by atoms with Crippen LogP contribution in [-0.4, -0.2) is 12.6 Å². The van der Waals surface area contributed by atoms with E-state index in [-0.39, 0.29) is 5.54 Å². The number of anilines is 1. The van der Waals surface area contributed by atoms with Crippen LogP contribution in [0.1, 0.15) is 44.2 Å². The summed E-state index contributed by atoms with van der Waals surface area (Å²) in [5.74, 6) is 0.630. The Labute approximate surface area is 116 Å². The van der Waals surface area contributed by atoms with Crippen molar-refractivity contribution in [2.45, 2.75) is 45.6 Å². The number of fused-ring (bicyclic) bond motifs is 3. The van der Waals surface area contributed by atoms with Crippen molar-refractivity contribution in [3.63, 3.8) is 0 Å². The minimum absolute atomic E-state index is 0.225. The van der Waals surface area contributed by atoms with Crippen LogP contribution in [0.4, 0.5) is 5.69 Å². The first-order chi connectivity index (χ1) is 8.92. The van der Waals surface area contributed by atoms with Gasteiger partial charge in [0, 0.05) is 23.7 Å². The summed E-state index contributed by atoms with van der Waals surface area (Å²) in [6, 6.07) is 11.1. The highest BCUT2D eigenvalue weighted by Gasteiger charge is 2.35. The zero-order valence-electron chi connectivity index (χ0n) is 12.6. The van der Waals surface area contributed by atoms with E-state index in [0.717, 1.165) is 0 Å². The molecule has 1 heterocycles. The summed E-state index contributed by atoms with van der Waals surface area (Å²) in [6.07, 6.45) is 1.22. The predicted molar refractivity (Wildman–Crippen MR) is 84.2 cm³/mol. The standard InChI is InChI=1S/C18H23N/c1-12-10-14-8-6-7-9-15(14)17-16(12)13(2)11-18(3,4)19(17)5/h6-10,13H,11H2,1-5H3. The molecule has 0 radical (unpaired) electrons. The molecule has 100 valence electrons. The normalized spacial score (nSPS) is 21.5. The molecular formula is C18H23N. The summed E-state index contributed by atoms with van der Waals surface area (Å²) in [6.45, 7) is 9.33. The van der Waals surface area contributed by atoms with Crippen molar-refractivity contribution in [1.29, 1.82) is 0 Å². The molecule has 1 aliphatic rings. The van der Waals surface area contributed by atoms with Crippen molar-refractivity contribution in [3.8, 4) is 0 Å². The van der Waals surface area contributed by atoms with Gasteiger partial charge in [0.15, 0.2) is 0 Å². The summed E-state index contributed by atoms with van der Waals surface area (Å²) in [5.41, 5.74) is 4.65. The zero-order valence-corrected chi connectivity index (χ0v) is 12.6. The topological polar surface area (TPSA) is 3.24 Å². The van der Waals surface area contributed by atoms with Gasteiger partial charge in [-0.1, -0.05) is 37.3 Å². The summed E-state index contributed by atoms with van der Waals surface area (Å²) in [5, 5.41) is 2.75. The molecule has 2 aromatic rings. The molecule has 0 amide bonds. The van der Waals surface area contributed by atoms with E-state index in [1.807, 2.05) is 0 Å². The fourth-order valence-corrected chi connectivity index (χ4v) is 3.76. The van der Waals surface area contributed by atoms with Crippen molar-refractivity contribution in [3.05, 3.63) is 41.5 Å². The fraction of sp³-hybridized carbons (Fsp3) is 0.444. The van der Waals surface area contributed by atoms with Crippen LogP contribution >= 0.6 is 0 Å². The zero-order chi connectivity index (χ0) is 13.8. The molecule has 0 spiro atoms. The van der Waals surface area contributed by atoms with E-state index in [1.165, 1.54) is 28.4 Å². The van der Waals surface area contributed by atoms with Gasteiger partial charge in [0.2, 0.25) is 0 Å². The van der Waals surface area contributed by atoms with E-state index >= 15 is 0 Å². The van der Waals surface area contributed by atoms with E-state index in [9.17, 15) is 0 Å². The molecular weight excluding hydrogens is 230 g/mol. The average molecular weight is 253 g/mol. The molecule has 0 aliphatic carbocycles. The van der Waals surface area contributed by atoms with Gasteiger partial charge in [-0.2, -0.15) is 0 Å². The molecule has 0 aromatic heterocycles. The summed E-state index contributed by atoms with van der Waals surface area (Å²) in [4.78, 5) is 2.48. The monoisotopic (exact) mass is 253 g/mol. The number of rotatable bonds is 0. The Bertz CT molecular complexity index is 639. The summed E-state index contributed by atoms with van der Waals surface area (Å²) < 4.78 is 0. The maximum Gasteiger partial charge on any atom is 0.0485 e. The molecule has 0 saturated carbocycles. The van der Waals surface area contributed by atoms with Crippen LogP contribution in [0.25, 0.3) is 10.8 Å². The van der Waals surface area contributed by atoms with Gasteiger partial charge in [-0.25, -0.2) is 0 Å². The molecule has 1 atom stereocenters. The molecule has 3 rings (SSSR count). The molecule has 1 aliphatic heterocycles. The number of aryl methyl sites for hydroxylation is 1. The molecule has 0 bridgehead atoms. The lowest BCUT2D eigenvalue weighted by Gasteiger charge is -2.46. The molecule has 19 heavy (non-hydrogen) atoms. The van der Waals surface area contributed by atoms with Gasteiger partial charge in [0.25, 0.3) is 0 Å². The van der Waals surface area contributed by atoms with Crippen LogP contribution < -0.4 is 4.90 Å². The van der Waals surface area contributed by atoms with Crippen molar-refractivity contribution < 1.29 is 0 Å². The molecule has 2 aromatic carbocycles. The first-order valence-electron chi connectivity index (χ1n) is 7.18. The molecule has 0 saturated heterocycles. The van der Waals surface area contributed by atoms with Gasteiger partial charge in [-0.3, -0.25) is 0 Å². The lowest BCUT2D eigenvalue weighted by Crippen LogP contribution is -2.46. The SMILES string of the molecule is Cc1cc2ccccc2c2c1C(C)CC(C)(C)N2C. The van der Waals surface area contributed by atoms with Crippen molar-refractivity contribution in [2.75, 3.05) is 11.9 Å². The van der Waals surface area contributed by atoms with Crippen LogP contribution in [0.3, 0.4) is 0 Å². The second-order valence-electron chi connectivity index (χ2n) is 6.65. The van der Waals surface area contributed by atoms with E-state index < -0.39 is 0 Å². The highest BCUT2D eigenvalue weighted by Crippen LogP contribution is 2.47. The quantitative estimate of drug-likeness (QED) is 0.647. The number of hydrogen-bond donors (Lipinski definition) is 0. The van der Waals surface area contributed by atoms with Crippen LogP contribution in [0.5, 0.6) is 0 Å². The van der Waals surface area contributed by atoms with Gasteiger partial charge < -0.3 is 4.90 Å². The Morgan fingerprint density at radius 2 is 1.89 bits per heavy atom. The lowest BCUT2D eigenvalue weighted by atomic mass is 9.77. The third-order valence-electron chi connectivity index (χ3n) is 4.81. The summed E-state index contributed by atoms with van der Waals surface area (Å²) in [7, 11) is 2.25. The van der Waals surface area contributed by atoms with E-state index in [1.54, 1.807) is 5.56 Å². The molecule has 1 nitrogen and oxygen atoms in total. The molecule has 1 unspecified atom stereocenters. The number of benzene rings is 2. The van der Waals surface area contributed by atoms with E-state index in [4.69, 9.17) is 0 Å². The third-order valence-corrected chi connectivity index (χ3v) is 4.81. The minimum atomic E-state index is 0.225. The first kappa shape index (κ1) is 12.5. The Morgan fingerprint density at radius 1 is 1.21 bits per heavy atom. The minimum Gasteiger partial charge on any atom is -0.369 e. The predicted octanol–water partition coefficient (Wildman–Crippen LogP) is 4.87. The first-order valence-corrected chi connectivity index (χ1v) is 7.18. The van der Waals surface area contributed by atoms with E-state index in [0.29, 0.717) is 5.92 Å². The van der Waals surface area contributed by atoms with Gasteiger partial charge >= 0.3 is 0 Å². The lowest BCUT2D eigenvalue weighted by molar-refractivity contribution is 0.395. The highest BCUT2D eigenvalue weighted by atomic mass is 15.2. The maximum absolute atomic E-state index is 2.48. The largest absolute Gasteiger partial charge is 0.369 e. The van der Waals surface area contributed by atoms with Crippen LogP contribution in [0.15, 0.2) is 30.3 Å². The Morgan fingerprint density at radius 3 is 2.63 bits per heavy atom. The van der Waals surface area contributed by atoms with Crippen LogP contribution in [0, 0.1) is 6.92 Å². The third kappa shape index (κ3) is 1.75. The Kier molecular flexibility index (Phi) is 2.63. The van der Waals surface area contributed by atoms with Crippen LogP contribution in [0.2, 0.25) is 0 Å². The highest BCUT2D eigenvalue weighted by molar-refractivity contribution is 5.97. The van der Waals surface area contributed by atoms with Gasteiger partial charge in [-0.05, 0) is 49.6 Å². The van der Waals surface area contributed by atoms with E-state index in [2.05, 4.69) is 70.0 Å². The number of hydrogen-bond acceptors (Lipinski definition) is 1.